The molecule has 7 nitrogen and oxygen atoms in total. The van der Waals surface area contributed by atoms with E-state index in [0.717, 1.165) is 12.8 Å². The third-order valence-corrected chi connectivity index (χ3v) is 6.04. The molecule has 3 rings (SSSR count). The molecular formula is C18H26N2O5S. The lowest BCUT2D eigenvalue weighted by Gasteiger charge is -2.35. The lowest BCUT2D eigenvalue weighted by Crippen LogP contribution is -2.48. The molecule has 1 aromatic rings. The van der Waals surface area contributed by atoms with Gasteiger partial charge in [-0.1, -0.05) is 6.07 Å². The molecular weight excluding hydrogens is 356 g/mol. The minimum absolute atomic E-state index is 0.0392. The van der Waals surface area contributed by atoms with Gasteiger partial charge >= 0.3 is 0 Å². The van der Waals surface area contributed by atoms with Gasteiger partial charge in [0.25, 0.3) is 5.91 Å². The van der Waals surface area contributed by atoms with Crippen LogP contribution in [0.3, 0.4) is 0 Å². The average Bonchev–Trinajstić information content (AvgIpc) is 3.12. The molecule has 1 N–H and O–H groups in total. The fourth-order valence-corrected chi connectivity index (χ4v) is 4.53. The van der Waals surface area contributed by atoms with E-state index in [1.54, 1.807) is 17.0 Å². The molecule has 26 heavy (non-hydrogen) atoms. The number of ether oxygens (including phenoxy) is 2. The Kier molecular flexibility index (Phi) is 5.96. The topological polar surface area (TPSA) is 84.9 Å². The van der Waals surface area contributed by atoms with E-state index < -0.39 is 10.0 Å². The van der Waals surface area contributed by atoms with Gasteiger partial charge in [0.1, 0.15) is 0 Å². The second-order valence-corrected chi connectivity index (χ2v) is 8.75. The molecule has 2 saturated heterocycles. The van der Waals surface area contributed by atoms with Gasteiger partial charge < -0.3 is 14.4 Å². The summed E-state index contributed by atoms with van der Waals surface area (Å²) in [6.07, 6.45) is 1.65. The van der Waals surface area contributed by atoms with Crippen LogP contribution < -0.4 is 4.72 Å². The van der Waals surface area contributed by atoms with Gasteiger partial charge in [0, 0.05) is 31.8 Å². The molecule has 0 radical (unpaired) electrons. The number of hydrogen-bond acceptors (Lipinski definition) is 5. The van der Waals surface area contributed by atoms with Crippen molar-refractivity contribution < 1.29 is 22.7 Å². The van der Waals surface area contributed by atoms with Crippen molar-refractivity contribution in [1.29, 1.82) is 0 Å². The van der Waals surface area contributed by atoms with Gasteiger partial charge in [-0.15, -0.1) is 0 Å². The van der Waals surface area contributed by atoms with Crippen molar-refractivity contribution in [2.75, 3.05) is 26.2 Å². The van der Waals surface area contributed by atoms with E-state index in [-0.39, 0.29) is 35.7 Å². The number of sulfonamides is 1. The van der Waals surface area contributed by atoms with E-state index in [1.807, 2.05) is 13.8 Å². The van der Waals surface area contributed by atoms with Gasteiger partial charge in [-0.3, -0.25) is 4.79 Å². The molecule has 2 fully saturated rings. The standard InChI is InChI=1S/C18H26N2O5S/c1-13-11-20(12-14(2)25-13)18(21)15-5-3-7-17(9-15)26(22,23)19-10-16-6-4-8-24-16/h3,5,7,9,13-14,16,19H,4,6,8,10-12H2,1-2H3. The number of nitrogens with zero attached hydrogens (tertiary/aromatic N) is 1. The van der Waals surface area contributed by atoms with E-state index in [9.17, 15) is 13.2 Å². The zero-order chi connectivity index (χ0) is 18.7. The predicted molar refractivity (Wildman–Crippen MR) is 96.5 cm³/mol. The van der Waals surface area contributed by atoms with Crippen molar-refractivity contribution in [3.63, 3.8) is 0 Å². The zero-order valence-electron chi connectivity index (χ0n) is 15.2. The quantitative estimate of drug-likeness (QED) is 0.832. The number of carbonyl (C=O) groups is 1. The first-order valence-electron chi connectivity index (χ1n) is 9.01. The smallest absolute Gasteiger partial charge is 0.254 e. The Hall–Kier alpha value is -1.48. The number of carbonyl (C=O) groups excluding carboxylic acids is 1. The van der Waals surface area contributed by atoms with Gasteiger partial charge in [0.05, 0.1) is 23.2 Å². The van der Waals surface area contributed by atoms with Crippen molar-refractivity contribution in [3.05, 3.63) is 29.8 Å². The number of nitrogens with one attached hydrogen (secondary N) is 1. The SMILES string of the molecule is CC1CN(C(=O)c2cccc(S(=O)(=O)NCC3CCCO3)c2)CC(C)O1. The summed E-state index contributed by atoms with van der Waals surface area (Å²) < 4.78 is 38.7. The Morgan fingerprint density at radius 3 is 2.65 bits per heavy atom. The molecule has 0 saturated carbocycles. The van der Waals surface area contributed by atoms with Crippen molar-refractivity contribution in [1.82, 2.24) is 9.62 Å². The summed E-state index contributed by atoms with van der Waals surface area (Å²) in [6, 6.07) is 6.18. The van der Waals surface area contributed by atoms with Crippen LogP contribution in [0.5, 0.6) is 0 Å². The lowest BCUT2D eigenvalue weighted by molar-refractivity contribution is -0.0586. The van der Waals surface area contributed by atoms with Gasteiger partial charge in [-0.05, 0) is 44.9 Å². The average molecular weight is 382 g/mol. The van der Waals surface area contributed by atoms with Crippen LogP contribution in [0.2, 0.25) is 0 Å². The summed E-state index contributed by atoms with van der Waals surface area (Å²) in [5.41, 5.74) is 0.367. The maximum absolute atomic E-state index is 12.8. The van der Waals surface area contributed by atoms with E-state index in [0.29, 0.717) is 25.3 Å². The van der Waals surface area contributed by atoms with Crippen LogP contribution in [0.15, 0.2) is 29.2 Å². The van der Waals surface area contributed by atoms with Crippen LogP contribution in [-0.4, -0.2) is 63.8 Å². The van der Waals surface area contributed by atoms with Crippen molar-refractivity contribution in [2.24, 2.45) is 0 Å². The Morgan fingerprint density at radius 2 is 2.00 bits per heavy atom. The number of hydrogen-bond donors (Lipinski definition) is 1. The molecule has 0 spiro atoms. The third kappa shape index (κ3) is 4.62. The van der Waals surface area contributed by atoms with Crippen LogP contribution >= 0.6 is 0 Å². The van der Waals surface area contributed by atoms with E-state index >= 15 is 0 Å². The van der Waals surface area contributed by atoms with Gasteiger partial charge in [0.15, 0.2) is 0 Å². The predicted octanol–water partition coefficient (Wildman–Crippen LogP) is 1.39. The molecule has 0 bridgehead atoms. The van der Waals surface area contributed by atoms with Crippen LogP contribution in [0.25, 0.3) is 0 Å². The third-order valence-electron chi connectivity index (χ3n) is 4.62. The molecule has 2 aliphatic heterocycles. The Balaban J connectivity index is 1.71. The maximum atomic E-state index is 12.8. The number of rotatable bonds is 5. The highest BCUT2D eigenvalue weighted by molar-refractivity contribution is 7.89. The van der Waals surface area contributed by atoms with Gasteiger partial charge in [0.2, 0.25) is 10.0 Å². The number of amides is 1. The summed E-state index contributed by atoms with van der Waals surface area (Å²) >= 11 is 0. The minimum atomic E-state index is -3.68. The van der Waals surface area contributed by atoms with E-state index in [2.05, 4.69) is 4.72 Å². The second kappa shape index (κ2) is 8.04. The van der Waals surface area contributed by atoms with Crippen molar-refractivity contribution in [2.45, 2.75) is 49.9 Å². The van der Waals surface area contributed by atoms with Gasteiger partial charge in [-0.25, -0.2) is 13.1 Å². The normalized spacial score (nSPS) is 26.8. The molecule has 3 unspecified atom stereocenters. The molecule has 2 heterocycles. The van der Waals surface area contributed by atoms with E-state index in [1.165, 1.54) is 12.1 Å². The molecule has 144 valence electrons. The summed E-state index contributed by atoms with van der Waals surface area (Å²) in [5.74, 6) is -0.178. The molecule has 8 heteroatoms. The van der Waals surface area contributed by atoms with Crippen LogP contribution in [-0.2, 0) is 19.5 Å². The maximum Gasteiger partial charge on any atom is 0.254 e. The van der Waals surface area contributed by atoms with Crippen LogP contribution in [0.1, 0.15) is 37.0 Å². The zero-order valence-corrected chi connectivity index (χ0v) is 16.0. The summed E-state index contributed by atoms with van der Waals surface area (Å²) in [7, 11) is -3.68. The molecule has 2 aliphatic rings. The Bertz CT molecular complexity index is 736. The van der Waals surface area contributed by atoms with Gasteiger partial charge in [-0.2, -0.15) is 0 Å². The lowest BCUT2D eigenvalue weighted by atomic mass is 10.1. The molecule has 3 atom stereocenters. The minimum Gasteiger partial charge on any atom is -0.377 e. The fourth-order valence-electron chi connectivity index (χ4n) is 3.41. The summed E-state index contributed by atoms with van der Waals surface area (Å²) in [6.45, 7) is 5.76. The first-order valence-corrected chi connectivity index (χ1v) is 10.5. The highest BCUT2D eigenvalue weighted by atomic mass is 32.2. The fraction of sp³-hybridized carbons (Fsp3) is 0.611. The molecule has 1 amide bonds. The number of morpholine rings is 1. The Labute approximate surface area is 154 Å². The number of benzene rings is 1. The first kappa shape index (κ1) is 19.3. The first-order chi connectivity index (χ1) is 12.3. The highest BCUT2D eigenvalue weighted by Crippen LogP contribution is 2.18. The largest absolute Gasteiger partial charge is 0.377 e. The van der Waals surface area contributed by atoms with E-state index in [4.69, 9.17) is 9.47 Å². The summed E-state index contributed by atoms with van der Waals surface area (Å²) in [5, 5.41) is 0. The second-order valence-electron chi connectivity index (χ2n) is 6.98. The van der Waals surface area contributed by atoms with Crippen molar-refractivity contribution in [3.8, 4) is 0 Å². The molecule has 0 aromatic heterocycles. The Morgan fingerprint density at radius 1 is 1.27 bits per heavy atom. The summed E-state index contributed by atoms with van der Waals surface area (Å²) in [4.78, 5) is 14.6. The monoisotopic (exact) mass is 382 g/mol. The van der Waals surface area contributed by atoms with Crippen LogP contribution in [0.4, 0.5) is 0 Å². The van der Waals surface area contributed by atoms with Crippen molar-refractivity contribution >= 4 is 15.9 Å². The molecule has 0 aliphatic carbocycles. The van der Waals surface area contributed by atoms with Crippen LogP contribution in [0, 0.1) is 0 Å². The molecule has 1 aromatic carbocycles. The highest BCUT2D eigenvalue weighted by Gasteiger charge is 2.27.